The van der Waals surface area contributed by atoms with Crippen LogP contribution in [0.4, 0.5) is 0 Å². The molecule has 0 amide bonds. The fraction of sp³-hybridized carbons (Fsp3) is 0.350. The largest absolute Gasteiger partial charge is 0.494 e. The highest BCUT2D eigenvalue weighted by atomic mass is 32.2. The molecule has 146 valence electrons. The number of thiophene rings is 1. The molecule has 0 bridgehead atoms. The molecule has 0 spiro atoms. The van der Waals surface area contributed by atoms with Gasteiger partial charge in [0, 0.05) is 11.9 Å². The molecule has 0 fully saturated rings. The van der Waals surface area contributed by atoms with Gasteiger partial charge in [0.25, 0.3) is 5.56 Å². The predicted molar refractivity (Wildman–Crippen MR) is 111 cm³/mol. The number of hydrogen-bond acceptors (Lipinski definition) is 7. The molecule has 4 rings (SSSR count). The maximum Gasteiger partial charge on any atom is 0.321 e. The Morgan fingerprint density at radius 2 is 2.00 bits per heavy atom. The Morgan fingerprint density at radius 3 is 2.75 bits per heavy atom. The van der Waals surface area contributed by atoms with Crippen LogP contribution in [0.25, 0.3) is 10.2 Å². The molecule has 8 heteroatoms. The van der Waals surface area contributed by atoms with E-state index in [4.69, 9.17) is 9.47 Å². The Kier molecular flexibility index (Phi) is 5.41. The van der Waals surface area contributed by atoms with Crippen LogP contribution < -0.4 is 15.0 Å². The summed E-state index contributed by atoms with van der Waals surface area (Å²) in [4.78, 5) is 31.6. The van der Waals surface area contributed by atoms with Crippen molar-refractivity contribution in [2.24, 2.45) is 7.05 Å². The number of thioether (sulfide) groups is 1. The molecule has 28 heavy (non-hydrogen) atoms. The van der Waals surface area contributed by atoms with Crippen LogP contribution in [0.15, 0.2) is 34.2 Å². The van der Waals surface area contributed by atoms with Crippen LogP contribution in [-0.4, -0.2) is 27.9 Å². The van der Waals surface area contributed by atoms with Crippen LogP contribution in [-0.2, 0) is 24.7 Å². The van der Waals surface area contributed by atoms with E-state index < -0.39 is 5.97 Å². The molecule has 0 saturated carbocycles. The molecule has 0 saturated heterocycles. The van der Waals surface area contributed by atoms with Crippen molar-refractivity contribution >= 4 is 39.3 Å². The lowest BCUT2D eigenvalue weighted by atomic mass is 10.2. The number of carbonyl (C=O) groups excluding carboxylic acids is 1. The molecule has 0 N–H and O–H groups in total. The number of esters is 1. The van der Waals surface area contributed by atoms with Gasteiger partial charge in [-0.25, -0.2) is 4.98 Å². The molecule has 6 nitrogen and oxygen atoms in total. The van der Waals surface area contributed by atoms with Crippen molar-refractivity contribution in [2.75, 3.05) is 12.4 Å². The summed E-state index contributed by atoms with van der Waals surface area (Å²) in [6, 6.07) is 6.91. The van der Waals surface area contributed by atoms with Crippen LogP contribution in [0.5, 0.6) is 11.5 Å². The number of hydrogen-bond donors (Lipinski definition) is 0. The molecule has 2 heterocycles. The second-order valence-electron chi connectivity index (χ2n) is 6.46. The first-order chi connectivity index (χ1) is 13.6. The first kappa shape index (κ1) is 19.0. The average Bonchev–Trinajstić information content (AvgIpc) is 3.26. The van der Waals surface area contributed by atoms with Gasteiger partial charge in [-0.05, 0) is 56.0 Å². The topological polar surface area (TPSA) is 70.4 Å². The van der Waals surface area contributed by atoms with Crippen LogP contribution in [0.2, 0.25) is 0 Å². The molecule has 0 unspecified atom stereocenters. The first-order valence-electron chi connectivity index (χ1n) is 9.14. The van der Waals surface area contributed by atoms with Crippen LogP contribution >= 0.6 is 23.1 Å². The van der Waals surface area contributed by atoms with Crippen LogP contribution in [0.3, 0.4) is 0 Å². The van der Waals surface area contributed by atoms with Crippen molar-refractivity contribution in [3.63, 3.8) is 0 Å². The Hall–Kier alpha value is -2.32. The first-order valence-corrected chi connectivity index (χ1v) is 10.9. The van der Waals surface area contributed by atoms with Crippen molar-refractivity contribution in [3.8, 4) is 11.5 Å². The van der Waals surface area contributed by atoms with E-state index in [1.165, 1.54) is 26.8 Å². The number of benzene rings is 1. The summed E-state index contributed by atoms with van der Waals surface area (Å²) in [5.41, 5.74) is 1.13. The zero-order valence-corrected chi connectivity index (χ0v) is 17.3. The summed E-state index contributed by atoms with van der Waals surface area (Å²) in [7, 11) is 1.70. The highest BCUT2D eigenvalue weighted by Crippen LogP contribution is 2.35. The monoisotopic (exact) mass is 416 g/mol. The van der Waals surface area contributed by atoms with Crippen molar-refractivity contribution < 1.29 is 14.3 Å². The number of ether oxygens (including phenoxy) is 2. The number of rotatable bonds is 6. The van der Waals surface area contributed by atoms with Gasteiger partial charge in [-0.15, -0.1) is 11.3 Å². The van der Waals surface area contributed by atoms with E-state index in [9.17, 15) is 9.59 Å². The second kappa shape index (κ2) is 7.97. The molecule has 0 radical (unpaired) electrons. The Balaban J connectivity index is 1.46. The van der Waals surface area contributed by atoms with Gasteiger partial charge in [-0.3, -0.25) is 14.2 Å². The predicted octanol–water partition coefficient (Wildman–Crippen LogP) is 3.58. The zero-order valence-electron chi connectivity index (χ0n) is 15.7. The number of aryl methyl sites for hydroxylation is 2. The van der Waals surface area contributed by atoms with E-state index in [-0.39, 0.29) is 11.3 Å². The van der Waals surface area contributed by atoms with Gasteiger partial charge in [-0.1, -0.05) is 11.8 Å². The van der Waals surface area contributed by atoms with Gasteiger partial charge < -0.3 is 9.47 Å². The van der Waals surface area contributed by atoms with Gasteiger partial charge in [0.2, 0.25) is 0 Å². The molecular weight excluding hydrogens is 396 g/mol. The fourth-order valence-corrected chi connectivity index (χ4v) is 5.34. The summed E-state index contributed by atoms with van der Waals surface area (Å²) < 4.78 is 12.2. The number of nitrogens with zero attached hydrogens (tertiary/aromatic N) is 2. The van der Waals surface area contributed by atoms with E-state index in [2.05, 4.69) is 4.98 Å². The molecule has 2 aromatic heterocycles. The lowest BCUT2D eigenvalue weighted by molar-refractivity contribution is -0.131. The quantitative estimate of drug-likeness (QED) is 0.265. The summed E-state index contributed by atoms with van der Waals surface area (Å²) in [6.45, 7) is 2.49. The maximum absolute atomic E-state index is 12.8. The lowest BCUT2D eigenvalue weighted by Crippen LogP contribution is -2.21. The van der Waals surface area contributed by atoms with E-state index in [1.807, 2.05) is 6.92 Å². The molecule has 3 aromatic rings. The number of carbonyl (C=O) groups is 1. The lowest BCUT2D eigenvalue weighted by Gasteiger charge is -2.08. The van der Waals surface area contributed by atoms with Crippen molar-refractivity contribution in [2.45, 2.75) is 31.3 Å². The third kappa shape index (κ3) is 3.66. The third-order valence-corrected chi connectivity index (χ3v) is 6.78. The average molecular weight is 417 g/mol. The van der Waals surface area contributed by atoms with Gasteiger partial charge in [0.15, 0.2) is 5.16 Å². The third-order valence-electron chi connectivity index (χ3n) is 4.59. The van der Waals surface area contributed by atoms with Gasteiger partial charge in [0.1, 0.15) is 16.3 Å². The minimum Gasteiger partial charge on any atom is -0.494 e. The smallest absolute Gasteiger partial charge is 0.321 e. The Morgan fingerprint density at radius 1 is 1.25 bits per heavy atom. The zero-order chi connectivity index (χ0) is 19.7. The van der Waals surface area contributed by atoms with Crippen molar-refractivity contribution in [1.82, 2.24) is 9.55 Å². The fourth-order valence-electron chi connectivity index (χ4n) is 3.29. The summed E-state index contributed by atoms with van der Waals surface area (Å²) >= 11 is 2.81. The summed E-state index contributed by atoms with van der Waals surface area (Å²) in [6.07, 6.45) is 3.08. The second-order valence-corrected chi connectivity index (χ2v) is 8.49. The van der Waals surface area contributed by atoms with Gasteiger partial charge in [-0.2, -0.15) is 0 Å². The molecular formula is C20H20N2O4S2. The van der Waals surface area contributed by atoms with Crippen LogP contribution in [0, 0.1) is 0 Å². The van der Waals surface area contributed by atoms with Crippen molar-refractivity contribution in [3.05, 3.63) is 45.1 Å². The molecule has 0 atom stereocenters. The minimum absolute atomic E-state index is 0.0354. The molecule has 0 aliphatic heterocycles. The Labute approximate surface area is 170 Å². The van der Waals surface area contributed by atoms with E-state index in [0.717, 1.165) is 35.2 Å². The van der Waals surface area contributed by atoms with Gasteiger partial charge >= 0.3 is 5.97 Å². The van der Waals surface area contributed by atoms with E-state index in [1.54, 1.807) is 42.6 Å². The summed E-state index contributed by atoms with van der Waals surface area (Å²) in [5.74, 6) is 0.870. The van der Waals surface area contributed by atoms with Gasteiger partial charge in [0.05, 0.1) is 17.7 Å². The normalized spacial score (nSPS) is 12.9. The number of fused-ring (bicyclic) bond motifs is 3. The molecule has 1 aliphatic carbocycles. The van der Waals surface area contributed by atoms with Crippen LogP contribution in [0.1, 0.15) is 23.8 Å². The van der Waals surface area contributed by atoms with E-state index >= 15 is 0 Å². The molecule has 1 aromatic carbocycles. The SMILES string of the molecule is CCOc1ccc(OC(=O)CSc2nc3sc4c(c3c(=O)n2C)CCC4)cc1. The van der Waals surface area contributed by atoms with E-state index in [0.29, 0.717) is 17.5 Å². The standard InChI is InChI=1S/C20H20N2O4S2/c1-3-25-12-7-9-13(10-8-12)26-16(23)11-27-20-21-18-17(19(24)22(20)2)14-5-4-6-15(14)28-18/h7-10H,3-6,11H2,1-2H3. The Bertz CT molecular complexity index is 1090. The minimum atomic E-state index is -0.392. The highest BCUT2D eigenvalue weighted by molar-refractivity contribution is 7.99. The maximum atomic E-state index is 12.8. The summed E-state index contributed by atoms with van der Waals surface area (Å²) in [5, 5.41) is 1.28. The molecule has 1 aliphatic rings. The van der Waals surface area contributed by atoms with Crippen molar-refractivity contribution in [1.29, 1.82) is 0 Å². The highest BCUT2D eigenvalue weighted by Gasteiger charge is 2.22. The number of aromatic nitrogens is 2.